The number of rotatable bonds is 4. The van der Waals surface area contributed by atoms with Crippen LogP contribution >= 0.6 is 0 Å². The fourth-order valence-corrected chi connectivity index (χ4v) is 3.44. The highest BCUT2D eigenvalue weighted by Gasteiger charge is 2.28. The van der Waals surface area contributed by atoms with Crippen LogP contribution in [0.25, 0.3) is 0 Å². The lowest BCUT2D eigenvalue weighted by Gasteiger charge is -2.20. The number of amides is 1. The highest BCUT2D eigenvalue weighted by atomic mass is 32.2. The molecule has 1 saturated heterocycles. The van der Waals surface area contributed by atoms with E-state index in [1.807, 2.05) is 0 Å². The smallest absolute Gasteiger partial charge is 0.335 e. The molecule has 0 bridgehead atoms. The van der Waals surface area contributed by atoms with Gasteiger partial charge in [0, 0.05) is 18.0 Å². The van der Waals surface area contributed by atoms with Crippen LogP contribution in [0.4, 0.5) is 0 Å². The number of benzene rings is 1. The fourth-order valence-electron chi connectivity index (χ4n) is 2.24. The van der Waals surface area contributed by atoms with Gasteiger partial charge >= 0.3 is 5.97 Å². The van der Waals surface area contributed by atoms with Crippen molar-refractivity contribution >= 4 is 22.7 Å². The van der Waals surface area contributed by atoms with Crippen LogP contribution in [-0.4, -0.2) is 44.4 Å². The summed E-state index contributed by atoms with van der Waals surface area (Å²) in [6.07, 6.45) is 1.97. The third-order valence-electron chi connectivity index (χ3n) is 3.40. The van der Waals surface area contributed by atoms with Crippen LogP contribution in [0.2, 0.25) is 0 Å². The molecule has 6 heteroatoms. The molecule has 2 unspecified atom stereocenters. The van der Waals surface area contributed by atoms with Gasteiger partial charge in [0.1, 0.15) is 5.25 Å². The van der Waals surface area contributed by atoms with Crippen LogP contribution in [0.15, 0.2) is 29.2 Å². The zero-order chi connectivity index (χ0) is 14.7. The summed E-state index contributed by atoms with van der Waals surface area (Å²) in [5, 5.41) is 8.28. The van der Waals surface area contributed by atoms with Crippen LogP contribution in [-0.2, 0) is 15.6 Å². The largest absolute Gasteiger partial charge is 0.478 e. The standard InChI is InChI=1S/C14H17NO4S/c1-10(13(16)15-7-2-3-8-15)20(19)12-6-4-5-11(9-12)14(17)18/h4-6,9-10H,2-3,7-8H2,1H3,(H,17,18). The first kappa shape index (κ1) is 14.7. The maximum Gasteiger partial charge on any atom is 0.335 e. The van der Waals surface area contributed by atoms with E-state index in [1.54, 1.807) is 24.0 Å². The Bertz CT molecular complexity index is 552. The van der Waals surface area contributed by atoms with Gasteiger partial charge in [-0.2, -0.15) is 0 Å². The second-order valence-electron chi connectivity index (χ2n) is 4.81. The normalized spacial score (nSPS) is 17.8. The Labute approximate surface area is 120 Å². The molecule has 1 aromatic carbocycles. The van der Waals surface area contributed by atoms with Crippen LogP contribution in [0, 0.1) is 0 Å². The quantitative estimate of drug-likeness (QED) is 0.913. The monoisotopic (exact) mass is 295 g/mol. The van der Waals surface area contributed by atoms with Gasteiger partial charge in [-0.1, -0.05) is 6.07 Å². The number of aromatic carboxylic acids is 1. The Balaban J connectivity index is 2.15. The summed E-state index contributed by atoms with van der Waals surface area (Å²) in [7, 11) is -1.54. The summed E-state index contributed by atoms with van der Waals surface area (Å²) in [5.41, 5.74) is 0.0803. The number of carbonyl (C=O) groups excluding carboxylic acids is 1. The highest BCUT2D eigenvalue weighted by molar-refractivity contribution is 7.86. The molecule has 0 aromatic heterocycles. The Morgan fingerprint density at radius 2 is 1.95 bits per heavy atom. The van der Waals surface area contributed by atoms with Crippen molar-refractivity contribution in [1.29, 1.82) is 0 Å². The molecule has 5 nitrogen and oxygen atoms in total. The molecule has 1 aliphatic heterocycles. The van der Waals surface area contributed by atoms with Gasteiger partial charge in [0.15, 0.2) is 0 Å². The number of nitrogens with zero attached hydrogens (tertiary/aromatic N) is 1. The summed E-state index contributed by atoms with van der Waals surface area (Å²) >= 11 is 0. The minimum absolute atomic E-state index is 0.0803. The number of hydrogen-bond donors (Lipinski definition) is 1. The molecule has 1 N–H and O–H groups in total. The zero-order valence-corrected chi connectivity index (χ0v) is 12.1. The van der Waals surface area contributed by atoms with Gasteiger partial charge in [0.2, 0.25) is 5.91 Å². The van der Waals surface area contributed by atoms with Gasteiger partial charge in [-0.05, 0) is 38.0 Å². The first-order chi connectivity index (χ1) is 9.50. The molecule has 20 heavy (non-hydrogen) atoms. The maximum atomic E-state index is 12.4. The molecule has 108 valence electrons. The van der Waals surface area contributed by atoms with Crippen molar-refractivity contribution in [1.82, 2.24) is 4.90 Å². The minimum Gasteiger partial charge on any atom is -0.478 e. The number of hydrogen-bond acceptors (Lipinski definition) is 3. The Kier molecular flexibility index (Phi) is 4.54. The van der Waals surface area contributed by atoms with Gasteiger partial charge in [-0.25, -0.2) is 4.79 Å². The number of carboxylic acid groups (broad SMARTS) is 1. The molecule has 0 aliphatic carbocycles. The van der Waals surface area contributed by atoms with Crippen molar-refractivity contribution in [3.63, 3.8) is 0 Å². The van der Waals surface area contributed by atoms with E-state index < -0.39 is 22.0 Å². The van der Waals surface area contributed by atoms with E-state index in [0.717, 1.165) is 25.9 Å². The molecule has 0 saturated carbocycles. The van der Waals surface area contributed by atoms with Crippen LogP contribution in [0.5, 0.6) is 0 Å². The molecule has 1 amide bonds. The highest BCUT2D eigenvalue weighted by Crippen LogP contribution is 2.17. The number of carbonyl (C=O) groups is 2. The van der Waals surface area contributed by atoms with E-state index >= 15 is 0 Å². The first-order valence-corrected chi connectivity index (χ1v) is 7.74. The molecular formula is C14H17NO4S. The van der Waals surface area contributed by atoms with Crippen LogP contribution in [0.1, 0.15) is 30.1 Å². The van der Waals surface area contributed by atoms with Gasteiger partial charge in [-0.3, -0.25) is 9.00 Å². The van der Waals surface area contributed by atoms with Crippen molar-refractivity contribution in [2.75, 3.05) is 13.1 Å². The lowest BCUT2D eigenvalue weighted by molar-refractivity contribution is -0.129. The molecular weight excluding hydrogens is 278 g/mol. The van der Waals surface area contributed by atoms with Gasteiger partial charge < -0.3 is 10.0 Å². The van der Waals surface area contributed by atoms with E-state index in [-0.39, 0.29) is 11.5 Å². The van der Waals surface area contributed by atoms with E-state index in [4.69, 9.17) is 5.11 Å². The molecule has 1 fully saturated rings. The number of carboxylic acids is 1. The molecule has 0 spiro atoms. The van der Waals surface area contributed by atoms with Crippen LogP contribution < -0.4 is 0 Å². The van der Waals surface area contributed by atoms with Crippen molar-refractivity contribution < 1.29 is 18.9 Å². The zero-order valence-electron chi connectivity index (χ0n) is 11.2. The predicted octanol–water partition coefficient (Wildman–Crippen LogP) is 1.50. The van der Waals surface area contributed by atoms with Gasteiger partial charge in [-0.15, -0.1) is 0 Å². The second-order valence-corrected chi connectivity index (χ2v) is 6.58. The van der Waals surface area contributed by atoms with Gasteiger partial charge in [0.25, 0.3) is 0 Å². The molecule has 1 aromatic rings. The lowest BCUT2D eigenvalue weighted by atomic mass is 10.2. The van der Waals surface area contributed by atoms with E-state index in [2.05, 4.69) is 0 Å². The SMILES string of the molecule is CC(C(=O)N1CCCC1)S(=O)c1cccc(C(=O)O)c1. The third kappa shape index (κ3) is 3.07. The Morgan fingerprint density at radius 1 is 1.30 bits per heavy atom. The second kappa shape index (κ2) is 6.17. The average molecular weight is 295 g/mol. The van der Waals surface area contributed by atoms with Crippen molar-refractivity contribution in [2.24, 2.45) is 0 Å². The molecule has 2 rings (SSSR count). The van der Waals surface area contributed by atoms with Crippen molar-refractivity contribution in [2.45, 2.75) is 29.9 Å². The predicted molar refractivity (Wildman–Crippen MR) is 75.1 cm³/mol. The summed E-state index contributed by atoms with van der Waals surface area (Å²) in [6, 6.07) is 5.95. The van der Waals surface area contributed by atoms with Crippen molar-refractivity contribution in [3.05, 3.63) is 29.8 Å². The topological polar surface area (TPSA) is 74.7 Å². The Morgan fingerprint density at radius 3 is 2.55 bits per heavy atom. The fraction of sp³-hybridized carbons (Fsp3) is 0.429. The molecule has 2 atom stereocenters. The Hall–Kier alpha value is -1.69. The van der Waals surface area contributed by atoms with E-state index in [9.17, 15) is 13.8 Å². The summed E-state index contributed by atoms with van der Waals surface area (Å²) in [4.78, 5) is 25.2. The molecule has 1 aliphatic rings. The summed E-state index contributed by atoms with van der Waals surface area (Å²) < 4.78 is 12.4. The van der Waals surface area contributed by atoms with E-state index in [0.29, 0.717) is 4.90 Å². The third-order valence-corrected chi connectivity index (χ3v) is 4.96. The molecule has 1 heterocycles. The van der Waals surface area contributed by atoms with Crippen molar-refractivity contribution in [3.8, 4) is 0 Å². The number of likely N-dealkylation sites (tertiary alicyclic amines) is 1. The summed E-state index contributed by atoms with van der Waals surface area (Å²) in [6.45, 7) is 3.06. The average Bonchev–Trinajstić information content (AvgIpc) is 2.99. The lowest BCUT2D eigenvalue weighted by Crippen LogP contribution is -2.37. The maximum absolute atomic E-state index is 12.4. The summed E-state index contributed by atoms with van der Waals surface area (Å²) in [5.74, 6) is -1.19. The minimum atomic E-state index is -1.54. The van der Waals surface area contributed by atoms with Gasteiger partial charge in [0.05, 0.1) is 16.4 Å². The van der Waals surface area contributed by atoms with E-state index in [1.165, 1.54) is 12.1 Å². The van der Waals surface area contributed by atoms with Crippen LogP contribution in [0.3, 0.4) is 0 Å². The molecule has 0 radical (unpaired) electrons. The first-order valence-electron chi connectivity index (χ1n) is 6.53.